The number of aliphatic hydroxyl groups is 9. The molecule has 46 heteroatoms. The Hall–Kier alpha value is -7.31. The van der Waals surface area contributed by atoms with Crippen LogP contribution in [0.4, 0.5) is 0 Å². The zero-order chi connectivity index (χ0) is 92.7. The van der Waals surface area contributed by atoms with Crippen molar-refractivity contribution in [2.24, 2.45) is 11.8 Å². The van der Waals surface area contributed by atoms with E-state index in [2.05, 4.69) is 41.9 Å². The van der Waals surface area contributed by atoms with Crippen LogP contribution < -0.4 is 54.4 Å². The van der Waals surface area contributed by atoms with Crippen LogP contribution >= 0.6 is 0 Å². The van der Waals surface area contributed by atoms with E-state index in [9.17, 15) is 98.7 Å². The van der Waals surface area contributed by atoms with Gasteiger partial charge in [-0.15, -0.1) is 0 Å². The monoisotopic (exact) mass is 1850 g/mol. The summed E-state index contributed by atoms with van der Waals surface area (Å²) in [5.74, 6) is -4.20. The van der Waals surface area contributed by atoms with Gasteiger partial charge in [0.15, 0.2) is 25.2 Å². The molecule has 19 N–H and O–H groups in total. The highest BCUT2D eigenvalue weighted by Gasteiger charge is 2.55. The predicted molar refractivity (Wildman–Crippen MR) is 447 cm³/mol. The standard InChI is InChI=1S/C84H132N12O34/c1-43-66(105)51(99)37-63(121-43)129-72-47(88-76(111)49-35-58(100)93-83(115)90-49)17-9-19-52(72)126-81-65(75(69(108)57(40-98)128-81)124-55(79(114)96-25-12-26-96)34-46-15-7-4-8-16-46)92-60(102)38-87-62(104)42-120-32-30-118-28-27-117-29-31-119-41-61(103)85-21-22-86-64-74(123-54(78(113)95-23-11-24-95)33-45-13-5-3-6-14-45)68(107)56(39-97)127-80(64)125-53-20-10-18-48(89-77(112)50-36-59(101)94-84(116)91-50)73(53)130-82-71(110)70(109)67(106)44(2)122-82/h35-36,43-48,51-57,63-75,80-82,86,97-99,105-110H,3-34,37-42H2,1-2H3,(H,85,103)(H,87,104)(H,88,111)(H,89,112)(H,92,102)(H2,90,93,100,115)(H2,91,94,101,116)/t43?,44?,47?,48?,51-,52-,53-,54+,55+,56+,57+,63+,64?,65?,66-,67-,68+,69+,70+,71?,72-,73-,74?,75?,80-,81-,82+/m1/s1. The van der Waals surface area contributed by atoms with E-state index in [4.69, 9.17) is 66.3 Å². The lowest BCUT2D eigenvalue weighted by Gasteiger charge is -2.49. The molecule has 4 aliphatic carbocycles. The molecule has 2 aromatic rings. The van der Waals surface area contributed by atoms with Crippen molar-refractivity contribution in [2.75, 3.05) is 112 Å². The molecule has 10 fully saturated rings. The van der Waals surface area contributed by atoms with Crippen LogP contribution in [0.25, 0.3) is 0 Å². The Kier molecular flexibility index (Phi) is 38.9. The van der Waals surface area contributed by atoms with Crippen molar-refractivity contribution >= 4 is 41.4 Å². The van der Waals surface area contributed by atoms with Crippen molar-refractivity contribution < 1.29 is 146 Å². The minimum atomic E-state index is -1.82. The van der Waals surface area contributed by atoms with Crippen molar-refractivity contribution in [2.45, 2.75) is 314 Å². The fraction of sp³-hybridized carbons (Fsp3) is 0.821. The number of hydrogen-bond donors (Lipinski definition) is 19. The molecule has 6 aliphatic heterocycles. The summed E-state index contributed by atoms with van der Waals surface area (Å²) >= 11 is 0. The van der Waals surface area contributed by atoms with Crippen LogP contribution in [0.15, 0.2) is 31.3 Å². The highest BCUT2D eigenvalue weighted by molar-refractivity contribution is 5.93. The first-order valence-electron chi connectivity index (χ1n) is 45.9. The molecule has 4 saturated carbocycles. The van der Waals surface area contributed by atoms with Crippen molar-refractivity contribution in [3.8, 4) is 0 Å². The molecule has 27 atom stereocenters. The zero-order valence-corrected chi connectivity index (χ0v) is 73.4. The van der Waals surface area contributed by atoms with Gasteiger partial charge in [0.2, 0.25) is 17.7 Å². The topological polar surface area (TPSA) is 641 Å². The van der Waals surface area contributed by atoms with Gasteiger partial charge in [-0.25, -0.2) is 9.59 Å². The Balaban J connectivity index is 0.616. The molecule has 2 aromatic heterocycles. The normalized spacial score (nSPS) is 33.3. The first kappa shape index (κ1) is 102. The van der Waals surface area contributed by atoms with E-state index < -0.39 is 244 Å². The molecule has 0 aromatic carbocycles. The van der Waals surface area contributed by atoms with Crippen molar-refractivity contribution in [3.05, 3.63) is 65.2 Å². The third-order valence-corrected chi connectivity index (χ3v) is 25.8. The minimum absolute atomic E-state index is 0.00960. The number of ether oxygens (including phenoxy) is 14. The van der Waals surface area contributed by atoms with Crippen molar-refractivity contribution in [3.63, 3.8) is 0 Å². The molecule has 0 bridgehead atoms. The number of hydrogen-bond acceptors (Lipinski definition) is 35. The van der Waals surface area contributed by atoms with Gasteiger partial charge in [0.1, 0.15) is 116 Å². The second-order valence-electron chi connectivity index (χ2n) is 35.3. The summed E-state index contributed by atoms with van der Waals surface area (Å²) in [4.78, 5) is 158. The second kappa shape index (κ2) is 49.8. The van der Waals surface area contributed by atoms with Gasteiger partial charge >= 0.3 is 11.4 Å². The highest BCUT2D eigenvalue weighted by Crippen LogP contribution is 2.40. The number of carbonyl (C=O) groups excluding carboxylic acids is 7. The molecule has 10 aliphatic rings. The second-order valence-corrected chi connectivity index (χ2v) is 35.3. The number of amides is 7. The van der Waals surface area contributed by atoms with Gasteiger partial charge in [-0.05, 0) is 89.9 Å². The maximum absolute atomic E-state index is 14.4. The maximum atomic E-state index is 14.4. The van der Waals surface area contributed by atoms with Gasteiger partial charge in [-0.2, -0.15) is 0 Å². The molecular weight excluding hydrogens is 1720 g/mol. The molecule has 46 nitrogen and oxygen atoms in total. The van der Waals surface area contributed by atoms with Crippen LogP contribution in [-0.4, -0.2) is 394 Å². The Morgan fingerprint density at radius 3 is 1.38 bits per heavy atom. The van der Waals surface area contributed by atoms with E-state index in [0.717, 1.165) is 89.2 Å². The van der Waals surface area contributed by atoms with Gasteiger partial charge < -0.3 is 164 Å². The van der Waals surface area contributed by atoms with Crippen molar-refractivity contribution in [1.82, 2.24) is 61.6 Å². The third-order valence-electron chi connectivity index (χ3n) is 25.8. The Bertz CT molecular complexity index is 4120. The molecule has 7 amide bonds. The Labute approximate surface area is 748 Å². The predicted octanol–water partition coefficient (Wildman–Crippen LogP) is -6.26. The minimum Gasteiger partial charge on any atom is -0.394 e. The molecule has 0 spiro atoms. The number of rotatable bonds is 44. The smallest absolute Gasteiger partial charge is 0.326 e. The van der Waals surface area contributed by atoms with E-state index in [1.807, 2.05) is 9.97 Å². The van der Waals surface area contributed by atoms with E-state index in [1.54, 1.807) is 9.80 Å². The fourth-order valence-electron chi connectivity index (χ4n) is 18.5. The van der Waals surface area contributed by atoms with Gasteiger partial charge in [0.05, 0.1) is 108 Å². The first-order chi connectivity index (χ1) is 62.6. The van der Waals surface area contributed by atoms with Gasteiger partial charge in [-0.1, -0.05) is 64.2 Å². The lowest BCUT2D eigenvalue weighted by molar-refractivity contribution is -0.334. The number of aromatic amines is 4. The SMILES string of the molecule is CC1O[C@@H](O[C@@H]2C(NC(=O)c3cc(=O)[nH]c(=O)[nH]3)CCC[C@H]2O[C@@H]2O[C@@H](CO)[C@H](O)C(O[C@@H](CC3CCCCC3)C(=O)N3CCC3)C2NC(=O)CNC(=O)COCCOCCOCCOCC(=O)NCCNC2C(O[C@@H](CC3CCCCC3)C(=O)N3CCC3)[C@@H](O)[C@H](CO)O[C@H]2O[C@@H]2CCCC(NC(=O)c3cc(=O)[nH]c(=O)[nH]3)[C@H]2O[C@@H]2OC(C)[C@@H](O)[C@H](O)C2O)C[C@@H](O)[C@@H]1O. The van der Waals surface area contributed by atoms with Crippen molar-refractivity contribution in [1.29, 1.82) is 0 Å². The number of carbonyl (C=O) groups is 7. The highest BCUT2D eigenvalue weighted by atomic mass is 16.7. The average molecular weight is 1850 g/mol. The van der Waals surface area contributed by atoms with E-state index in [1.165, 1.54) is 13.8 Å². The van der Waals surface area contributed by atoms with E-state index in [-0.39, 0.29) is 133 Å². The number of aromatic nitrogens is 4. The largest absolute Gasteiger partial charge is 0.394 e. The molecule has 12 rings (SSSR count). The zero-order valence-electron chi connectivity index (χ0n) is 73.4. The summed E-state index contributed by atoms with van der Waals surface area (Å²) < 4.78 is 87.1. The van der Waals surface area contributed by atoms with Crippen LogP contribution in [0.2, 0.25) is 0 Å². The number of nitrogens with one attached hydrogen (secondary N) is 10. The third kappa shape index (κ3) is 28.2. The average Bonchev–Trinajstić information content (AvgIpc) is 0.778. The molecule has 6 saturated heterocycles. The summed E-state index contributed by atoms with van der Waals surface area (Å²) in [6.07, 6.45) is -18.6. The maximum Gasteiger partial charge on any atom is 0.326 e. The van der Waals surface area contributed by atoms with Gasteiger partial charge in [0.25, 0.3) is 34.7 Å². The van der Waals surface area contributed by atoms with Crippen LogP contribution in [0, 0.1) is 11.8 Å². The molecule has 9 unspecified atom stereocenters. The van der Waals surface area contributed by atoms with Crippen LogP contribution in [-0.2, 0) is 90.3 Å². The summed E-state index contributed by atoms with van der Waals surface area (Å²) in [5.41, 5.74) is -4.36. The van der Waals surface area contributed by atoms with E-state index in [0.29, 0.717) is 45.4 Å². The number of nitrogens with zero attached hydrogens (tertiary/aromatic N) is 2. The van der Waals surface area contributed by atoms with E-state index >= 15 is 0 Å². The summed E-state index contributed by atoms with van der Waals surface area (Å²) in [5, 5.41) is 117. The Morgan fingerprint density at radius 2 is 0.908 bits per heavy atom. The molecule has 8 heterocycles. The van der Waals surface area contributed by atoms with Crippen LogP contribution in [0.3, 0.4) is 0 Å². The van der Waals surface area contributed by atoms with Crippen LogP contribution in [0.1, 0.15) is 170 Å². The fourth-order valence-corrected chi connectivity index (χ4v) is 18.5. The quantitative estimate of drug-likeness (QED) is 0.0275. The molecule has 0 radical (unpaired) electrons. The molecular formula is C84H132N12O34. The first-order valence-corrected chi connectivity index (χ1v) is 45.9. The summed E-state index contributed by atoms with van der Waals surface area (Å²) in [6.45, 7) is 1.95. The lowest BCUT2D eigenvalue weighted by atomic mass is 9.84. The van der Waals surface area contributed by atoms with Gasteiger partial charge in [-0.3, -0.25) is 53.1 Å². The lowest BCUT2D eigenvalue weighted by Crippen LogP contribution is -2.68. The molecule has 130 heavy (non-hydrogen) atoms. The van der Waals surface area contributed by atoms with Gasteiger partial charge in [0, 0.05) is 57.8 Å². The Morgan fingerprint density at radius 1 is 0.446 bits per heavy atom. The number of H-pyrrole nitrogens is 4. The van der Waals surface area contributed by atoms with Crippen LogP contribution in [0.5, 0.6) is 0 Å². The summed E-state index contributed by atoms with van der Waals surface area (Å²) in [7, 11) is 0. The molecule has 732 valence electrons. The number of likely N-dealkylation sites (tertiary alicyclic amines) is 2. The summed E-state index contributed by atoms with van der Waals surface area (Å²) in [6, 6.07) is -2.89. The number of aliphatic hydroxyl groups excluding tert-OH is 9.